The van der Waals surface area contributed by atoms with E-state index in [9.17, 15) is 9.59 Å². The minimum atomic E-state index is -0.362. The van der Waals surface area contributed by atoms with Crippen LogP contribution in [-0.2, 0) is 14.3 Å². The minimum absolute atomic E-state index is 0.141. The molecule has 1 aromatic rings. The van der Waals surface area contributed by atoms with E-state index in [0.717, 1.165) is 0 Å². The lowest BCUT2D eigenvalue weighted by molar-refractivity contribution is -0.137. The monoisotopic (exact) mass is 264 g/mol. The number of anilines is 1. The Hall–Kier alpha value is -2.00. The molecule has 0 saturated carbocycles. The van der Waals surface area contributed by atoms with Gasteiger partial charge in [0.25, 0.3) is 0 Å². The average molecular weight is 264 g/mol. The van der Waals surface area contributed by atoms with Crippen molar-refractivity contribution in [2.24, 2.45) is 0 Å². The topological polar surface area (TPSA) is 79.2 Å². The number of carbonyl (C=O) groups excluding carboxylic acids is 2. The zero-order valence-electron chi connectivity index (χ0n) is 9.80. The van der Waals surface area contributed by atoms with Gasteiger partial charge in [0.1, 0.15) is 0 Å². The van der Waals surface area contributed by atoms with E-state index < -0.39 is 0 Å². The Balaban J connectivity index is 2.40. The van der Waals surface area contributed by atoms with Crippen LogP contribution in [0.25, 0.3) is 0 Å². The molecule has 18 heavy (non-hydrogen) atoms. The Kier molecular flexibility index (Phi) is 5.74. The zero-order valence-corrected chi connectivity index (χ0v) is 10.6. The number of nitrogens with one attached hydrogen (secondary N) is 1. The van der Waals surface area contributed by atoms with Crippen LogP contribution < -0.4 is 5.32 Å². The van der Waals surface area contributed by atoms with Crippen LogP contribution in [0.2, 0.25) is 0 Å². The summed E-state index contributed by atoms with van der Waals surface area (Å²) in [4.78, 5) is 22.3. The molecule has 0 aliphatic rings. The summed E-state index contributed by atoms with van der Waals surface area (Å²) in [5.74, 6) is -0.285. The number of methoxy groups -OCH3 is 1. The number of nitriles is 1. The first kappa shape index (κ1) is 14.1. The summed E-state index contributed by atoms with van der Waals surface area (Å²) in [7, 11) is 1.30. The van der Waals surface area contributed by atoms with Crippen LogP contribution in [0, 0.1) is 11.3 Å². The molecule has 0 aromatic heterocycles. The molecule has 1 rings (SSSR count). The van der Waals surface area contributed by atoms with Crippen molar-refractivity contribution in [3.63, 3.8) is 0 Å². The molecule has 6 heteroatoms. The van der Waals surface area contributed by atoms with Crippen molar-refractivity contribution in [3.8, 4) is 6.07 Å². The van der Waals surface area contributed by atoms with Gasteiger partial charge in [-0.15, -0.1) is 11.8 Å². The highest BCUT2D eigenvalue weighted by atomic mass is 32.2. The molecule has 0 heterocycles. The quantitative estimate of drug-likeness (QED) is 0.813. The molecule has 0 saturated heterocycles. The fourth-order valence-electron chi connectivity index (χ4n) is 1.15. The van der Waals surface area contributed by atoms with Crippen molar-refractivity contribution in [2.45, 2.75) is 0 Å². The molecule has 0 unspecified atom stereocenters. The summed E-state index contributed by atoms with van der Waals surface area (Å²) in [5.41, 5.74) is 1.05. The van der Waals surface area contributed by atoms with Gasteiger partial charge in [0.05, 0.1) is 30.2 Å². The summed E-state index contributed by atoms with van der Waals surface area (Å²) in [6.07, 6.45) is 0. The van der Waals surface area contributed by atoms with E-state index >= 15 is 0 Å². The number of esters is 1. The minimum Gasteiger partial charge on any atom is -0.468 e. The van der Waals surface area contributed by atoms with Gasteiger partial charge in [-0.1, -0.05) is 6.07 Å². The third kappa shape index (κ3) is 4.89. The number of rotatable bonds is 5. The lowest BCUT2D eigenvalue weighted by atomic mass is 10.2. The van der Waals surface area contributed by atoms with Crippen LogP contribution in [-0.4, -0.2) is 30.5 Å². The summed E-state index contributed by atoms with van der Waals surface area (Å²) >= 11 is 1.17. The second-order valence-electron chi connectivity index (χ2n) is 3.31. The molecule has 0 spiro atoms. The van der Waals surface area contributed by atoms with Gasteiger partial charge >= 0.3 is 5.97 Å². The number of hydrogen-bond acceptors (Lipinski definition) is 5. The van der Waals surface area contributed by atoms with Crippen LogP contribution in [0.1, 0.15) is 5.56 Å². The highest BCUT2D eigenvalue weighted by Gasteiger charge is 2.06. The molecule has 1 amide bonds. The number of carbonyl (C=O) groups is 2. The lowest BCUT2D eigenvalue weighted by Gasteiger charge is -2.04. The number of amides is 1. The third-order valence-corrected chi connectivity index (χ3v) is 2.86. The van der Waals surface area contributed by atoms with Gasteiger partial charge < -0.3 is 10.1 Å². The Bertz CT molecular complexity index is 482. The fourth-order valence-corrected chi connectivity index (χ4v) is 1.79. The van der Waals surface area contributed by atoms with Crippen molar-refractivity contribution >= 4 is 29.3 Å². The first-order valence-corrected chi connectivity index (χ1v) is 6.25. The summed E-state index contributed by atoms with van der Waals surface area (Å²) < 4.78 is 4.45. The molecular formula is C12H12N2O3S. The molecule has 0 aliphatic heterocycles. The summed E-state index contributed by atoms with van der Waals surface area (Å²) in [6.45, 7) is 0. The SMILES string of the molecule is COC(=O)CSCC(=O)Nc1cccc(C#N)c1. The van der Waals surface area contributed by atoms with E-state index in [1.54, 1.807) is 24.3 Å². The van der Waals surface area contributed by atoms with Crippen LogP contribution in [0.15, 0.2) is 24.3 Å². The number of benzene rings is 1. The summed E-state index contributed by atoms with van der Waals surface area (Å²) in [5, 5.41) is 11.4. The molecule has 1 N–H and O–H groups in total. The van der Waals surface area contributed by atoms with Crippen LogP contribution in [0.4, 0.5) is 5.69 Å². The molecule has 1 aromatic carbocycles. The smallest absolute Gasteiger partial charge is 0.315 e. The zero-order chi connectivity index (χ0) is 13.4. The van der Waals surface area contributed by atoms with Gasteiger partial charge in [-0.2, -0.15) is 5.26 Å². The Morgan fingerprint density at radius 2 is 2.22 bits per heavy atom. The van der Waals surface area contributed by atoms with Crippen molar-refractivity contribution in [1.82, 2.24) is 0 Å². The van der Waals surface area contributed by atoms with Crippen molar-refractivity contribution in [3.05, 3.63) is 29.8 Å². The van der Waals surface area contributed by atoms with E-state index in [1.165, 1.54) is 18.9 Å². The molecule has 0 aliphatic carbocycles. The third-order valence-electron chi connectivity index (χ3n) is 1.96. The molecule has 0 fully saturated rings. The number of nitrogens with zero attached hydrogens (tertiary/aromatic N) is 1. The Labute approximate surface area is 109 Å². The molecule has 94 valence electrons. The van der Waals surface area contributed by atoms with Crippen LogP contribution in [0.3, 0.4) is 0 Å². The maximum atomic E-state index is 11.5. The molecule has 0 radical (unpaired) electrons. The van der Waals surface area contributed by atoms with Gasteiger partial charge in [-0.3, -0.25) is 9.59 Å². The normalized spacial score (nSPS) is 9.33. The van der Waals surface area contributed by atoms with E-state index in [0.29, 0.717) is 11.3 Å². The predicted octanol–water partition coefficient (Wildman–Crippen LogP) is 1.40. The second-order valence-corrected chi connectivity index (χ2v) is 4.30. The first-order valence-electron chi connectivity index (χ1n) is 5.10. The van der Waals surface area contributed by atoms with Gasteiger partial charge in [0, 0.05) is 5.69 Å². The number of ether oxygens (including phenoxy) is 1. The van der Waals surface area contributed by atoms with Gasteiger partial charge in [-0.25, -0.2) is 0 Å². The number of thioether (sulfide) groups is 1. The van der Waals surface area contributed by atoms with Crippen molar-refractivity contribution in [2.75, 3.05) is 23.9 Å². The van der Waals surface area contributed by atoms with Crippen molar-refractivity contribution < 1.29 is 14.3 Å². The number of hydrogen-bond donors (Lipinski definition) is 1. The van der Waals surface area contributed by atoms with E-state index in [-0.39, 0.29) is 23.4 Å². The molecule has 0 atom stereocenters. The lowest BCUT2D eigenvalue weighted by Crippen LogP contribution is -2.15. The van der Waals surface area contributed by atoms with E-state index in [1.807, 2.05) is 6.07 Å². The highest BCUT2D eigenvalue weighted by Crippen LogP contribution is 2.10. The maximum absolute atomic E-state index is 11.5. The van der Waals surface area contributed by atoms with Gasteiger partial charge in [-0.05, 0) is 18.2 Å². The largest absolute Gasteiger partial charge is 0.468 e. The average Bonchev–Trinajstić information content (AvgIpc) is 2.38. The maximum Gasteiger partial charge on any atom is 0.315 e. The van der Waals surface area contributed by atoms with Crippen LogP contribution >= 0.6 is 11.8 Å². The van der Waals surface area contributed by atoms with Gasteiger partial charge in [0.15, 0.2) is 0 Å². The van der Waals surface area contributed by atoms with Crippen LogP contribution in [0.5, 0.6) is 0 Å². The summed E-state index contributed by atoms with van der Waals surface area (Å²) in [6, 6.07) is 8.62. The first-order chi connectivity index (χ1) is 8.65. The van der Waals surface area contributed by atoms with E-state index in [4.69, 9.17) is 5.26 Å². The standard InChI is InChI=1S/C12H12N2O3S/c1-17-12(16)8-18-7-11(15)14-10-4-2-3-9(5-10)6-13/h2-5H,7-8H2,1H3,(H,14,15). The Morgan fingerprint density at radius 1 is 1.44 bits per heavy atom. The molecule has 5 nitrogen and oxygen atoms in total. The fraction of sp³-hybridized carbons (Fsp3) is 0.250. The highest BCUT2D eigenvalue weighted by molar-refractivity contribution is 8.00. The van der Waals surface area contributed by atoms with E-state index in [2.05, 4.69) is 10.1 Å². The second kappa shape index (κ2) is 7.35. The van der Waals surface area contributed by atoms with Crippen molar-refractivity contribution in [1.29, 1.82) is 5.26 Å². The Morgan fingerprint density at radius 3 is 2.89 bits per heavy atom. The van der Waals surface area contributed by atoms with Gasteiger partial charge in [0.2, 0.25) is 5.91 Å². The predicted molar refractivity (Wildman–Crippen MR) is 69.1 cm³/mol. The molecular weight excluding hydrogens is 252 g/mol. The molecule has 0 bridgehead atoms.